The van der Waals surface area contributed by atoms with Gasteiger partial charge < -0.3 is 0 Å². The fourth-order valence-electron chi connectivity index (χ4n) is 0.853. The van der Waals surface area contributed by atoms with E-state index in [0.717, 1.165) is 5.70 Å². The number of nitrogens with zero attached hydrogens (tertiary/aromatic N) is 3. The van der Waals surface area contributed by atoms with Crippen molar-refractivity contribution >= 4 is 5.70 Å². The van der Waals surface area contributed by atoms with Gasteiger partial charge >= 0.3 is 0 Å². The zero-order valence-corrected chi connectivity index (χ0v) is 7.01. The summed E-state index contributed by atoms with van der Waals surface area (Å²) in [6, 6.07) is 0. The maximum absolute atomic E-state index is 3.71. The average molecular weight is 161 g/mol. The van der Waals surface area contributed by atoms with Crippen molar-refractivity contribution < 1.29 is 0 Å². The standard InChI is InChI=1S/C9H11N3/c1-3-5-9(6-4-2)12-7-10-11-8-12/h3-8H,1H2,2H3. The maximum Gasteiger partial charge on any atom is 0.123 e. The summed E-state index contributed by atoms with van der Waals surface area (Å²) in [5.74, 6) is 0. The van der Waals surface area contributed by atoms with Crippen LogP contribution in [0.5, 0.6) is 0 Å². The Morgan fingerprint density at radius 2 is 2.08 bits per heavy atom. The lowest BCUT2D eigenvalue weighted by Gasteiger charge is -1.98. The van der Waals surface area contributed by atoms with E-state index in [0.29, 0.717) is 0 Å². The molecule has 3 heteroatoms. The first kappa shape index (κ1) is 8.46. The molecule has 0 saturated heterocycles. The molecular formula is C9H11N3. The Labute approximate surface area is 71.7 Å². The van der Waals surface area contributed by atoms with Crippen molar-refractivity contribution in [2.75, 3.05) is 0 Å². The third kappa shape index (κ3) is 1.92. The lowest BCUT2D eigenvalue weighted by Crippen LogP contribution is -1.89. The van der Waals surface area contributed by atoms with Gasteiger partial charge in [0, 0.05) is 5.70 Å². The largest absolute Gasteiger partial charge is 0.288 e. The van der Waals surface area contributed by atoms with E-state index in [-0.39, 0.29) is 0 Å². The predicted octanol–water partition coefficient (Wildman–Crippen LogP) is 1.88. The summed E-state index contributed by atoms with van der Waals surface area (Å²) < 4.78 is 1.82. The molecule has 1 rings (SSSR count). The second kappa shape index (κ2) is 4.28. The van der Waals surface area contributed by atoms with E-state index in [2.05, 4.69) is 16.8 Å². The van der Waals surface area contributed by atoms with Gasteiger partial charge in [0.15, 0.2) is 0 Å². The van der Waals surface area contributed by atoms with Crippen LogP contribution in [-0.2, 0) is 0 Å². The van der Waals surface area contributed by atoms with Gasteiger partial charge in [-0.05, 0) is 19.1 Å². The van der Waals surface area contributed by atoms with Crippen molar-refractivity contribution in [1.29, 1.82) is 0 Å². The molecule has 1 aromatic heterocycles. The monoisotopic (exact) mass is 161 g/mol. The first-order valence-corrected chi connectivity index (χ1v) is 3.69. The molecule has 0 radical (unpaired) electrons. The highest BCUT2D eigenvalue weighted by Gasteiger charge is 1.92. The quantitative estimate of drug-likeness (QED) is 0.634. The molecule has 0 aliphatic rings. The zero-order chi connectivity index (χ0) is 8.81. The molecule has 62 valence electrons. The number of allylic oxidation sites excluding steroid dienone is 5. The summed E-state index contributed by atoms with van der Waals surface area (Å²) in [4.78, 5) is 0. The topological polar surface area (TPSA) is 30.7 Å². The summed E-state index contributed by atoms with van der Waals surface area (Å²) in [6.45, 7) is 5.59. The second-order valence-corrected chi connectivity index (χ2v) is 2.20. The van der Waals surface area contributed by atoms with Crippen LogP contribution in [0.2, 0.25) is 0 Å². The van der Waals surface area contributed by atoms with Gasteiger partial charge in [0.2, 0.25) is 0 Å². The van der Waals surface area contributed by atoms with E-state index in [1.54, 1.807) is 18.7 Å². The highest BCUT2D eigenvalue weighted by Crippen LogP contribution is 2.04. The van der Waals surface area contributed by atoms with Gasteiger partial charge in [0.1, 0.15) is 12.7 Å². The summed E-state index contributed by atoms with van der Waals surface area (Å²) in [7, 11) is 0. The minimum Gasteiger partial charge on any atom is -0.288 e. The van der Waals surface area contributed by atoms with Crippen molar-refractivity contribution in [2.24, 2.45) is 0 Å². The Morgan fingerprint density at radius 3 is 2.58 bits per heavy atom. The molecule has 0 aromatic carbocycles. The first-order valence-electron chi connectivity index (χ1n) is 3.69. The molecule has 0 amide bonds. The molecule has 0 bridgehead atoms. The number of aromatic nitrogens is 3. The number of rotatable bonds is 3. The maximum atomic E-state index is 3.71. The van der Waals surface area contributed by atoms with E-state index in [4.69, 9.17) is 0 Å². The molecular weight excluding hydrogens is 150 g/mol. The van der Waals surface area contributed by atoms with Crippen LogP contribution in [0.25, 0.3) is 5.70 Å². The minimum absolute atomic E-state index is 0.998. The van der Waals surface area contributed by atoms with Crippen molar-refractivity contribution in [3.8, 4) is 0 Å². The average Bonchev–Trinajstić information content (AvgIpc) is 2.56. The van der Waals surface area contributed by atoms with Gasteiger partial charge in [-0.25, -0.2) is 0 Å². The van der Waals surface area contributed by atoms with Crippen molar-refractivity contribution in [1.82, 2.24) is 14.8 Å². The third-order valence-electron chi connectivity index (χ3n) is 1.34. The van der Waals surface area contributed by atoms with E-state index < -0.39 is 0 Å². The second-order valence-electron chi connectivity index (χ2n) is 2.20. The molecule has 3 nitrogen and oxygen atoms in total. The van der Waals surface area contributed by atoms with E-state index in [9.17, 15) is 0 Å². The van der Waals surface area contributed by atoms with Gasteiger partial charge in [-0.15, -0.1) is 10.2 Å². The third-order valence-corrected chi connectivity index (χ3v) is 1.34. The smallest absolute Gasteiger partial charge is 0.123 e. The van der Waals surface area contributed by atoms with Crippen LogP contribution in [0.3, 0.4) is 0 Å². The van der Waals surface area contributed by atoms with Gasteiger partial charge in [-0.2, -0.15) is 0 Å². The Balaban J connectivity index is 2.95. The van der Waals surface area contributed by atoms with Crippen molar-refractivity contribution in [3.05, 3.63) is 43.5 Å². The molecule has 1 heterocycles. The van der Waals surface area contributed by atoms with Gasteiger partial charge in [-0.3, -0.25) is 4.57 Å². The molecule has 0 spiro atoms. The highest BCUT2D eigenvalue weighted by molar-refractivity contribution is 5.58. The lowest BCUT2D eigenvalue weighted by atomic mass is 10.3. The minimum atomic E-state index is 0.998. The van der Waals surface area contributed by atoms with Gasteiger partial charge in [0.25, 0.3) is 0 Å². The number of hydrogen-bond donors (Lipinski definition) is 0. The van der Waals surface area contributed by atoms with Gasteiger partial charge in [0.05, 0.1) is 0 Å². The Morgan fingerprint density at radius 1 is 1.42 bits per heavy atom. The molecule has 0 N–H and O–H groups in total. The van der Waals surface area contributed by atoms with Crippen LogP contribution in [-0.4, -0.2) is 14.8 Å². The molecule has 0 aliphatic heterocycles. The summed E-state index contributed by atoms with van der Waals surface area (Å²) in [5, 5.41) is 7.42. The van der Waals surface area contributed by atoms with Crippen LogP contribution in [0, 0.1) is 0 Å². The Kier molecular flexibility index (Phi) is 3.02. The molecule has 1 aromatic rings. The van der Waals surface area contributed by atoms with Crippen LogP contribution in [0.1, 0.15) is 6.92 Å². The van der Waals surface area contributed by atoms with E-state index >= 15 is 0 Å². The molecule has 0 unspecified atom stereocenters. The van der Waals surface area contributed by atoms with Crippen LogP contribution in [0.4, 0.5) is 0 Å². The lowest BCUT2D eigenvalue weighted by molar-refractivity contribution is 1.09. The van der Waals surface area contributed by atoms with E-state index in [1.165, 1.54) is 0 Å². The molecule has 0 fully saturated rings. The summed E-state index contributed by atoms with van der Waals surface area (Å²) >= 11 is 0. The van der Waals surface area contributed by atoms with Crippen LogP contribution in [0.15, 0.2) is 43.5 Å². The zero-order valence-electron chi connectivity index (χ0n) is 7.01. The summed E-state index contributed by atoms with van der Waals surface area (Å²) in [5.41, 5.74) is 0.998. The fourth-order valence-corrected chi connectivity index (χ4v) is 0.853. The molecule has 0 saturated carbocycles. The van der Waals surface area contributed by atoms with Crippen LogP contribution < -0.4 is 0 Å². The predicted molar refractivity (Wildman–Crippen MR) is 49.3 cm³/mol. The van der Waals surface area contributed by atoms with Crippen molar-refractivity contribution in [3.63, 3.8) is 0 Å². The Hall–Kier alpha value is -1.64. The van der Waals surface area contributed by atoms with Gasteiger partial charge in [-0.1, -0.05) is 18.7 Å². The SMILES string of the molecule is C=CC=C(C=CC)n1cnnc1. The summed E-state index contributed by atoms with van der Waals surface area (Å²) in [6.07, 6.45) is 10.8. The fraction of sp³-hybridized carbons (Fsp3) is 0.111. The van der Waals surface area contributed by atoms with Crippen molar-refractivity contribution in [2.45, 2.75) is 6.92 Å². The Bertz CT molecular complexity index is 294. The highest BCUT2D eigenvalue weighted by atomic mass is 15.2. The molecule has 0 atom stereocenters. The van der Waals surface area contributed by atoms with E-state index in [1.807, 2.05) is 29.7 Å². The molecule has 0 aliphatic carbocycles. The first-order chi connectivity index (χ1) is 5.88. The number of hydrogen-bond acceptors (Lipinski definition) is 2. The molecule has 12 heavy (non-hydrogen) atoms. The normalized spacial score (nSPS) is 12.2. The van der Waals surface area contributed by atoms with Crippen LogP contribution >= 0.6 is 0 Å².